The highest BCUT2D eigenvalue weighted by Gasteiger charge is 2.13. The Labute approximate surface area is 152 Å². The van der Waals surface area contributed by atoms with Gasteiger partial charge in [0.2, 0.25) is 0 Å². The number of hydrogen-bond acceptors (Lipinski definition) is 6. The van der Waals surface area contributed by atoms with Gasteiger partial charge in [-0.3, -0.25) is 5.10 Å². The molecule has 4 aromatic rings. The summed E-state index contributed by atoms with van der Waals surface area (Å²) in [5.74, 6) is 1.91. The van der Waals surface area contributed by atoms with E-state index in [1.165, 1.54) is 6.33 Å². The smallest absolute Gasteiger partial charge is 0.185 e. The van der Waals surface area contributed by atoms with Gasteiger partial charge >= 0.3 is 0 Å². The van der Waals surface area contributed by atoms with Gasteiger partial charge in [0.05, 0.1) is 6.04 Å². The molecule has 1 atom stereocenters. The highest BCUT2D eigenvalue weighted by Crippen LogP contribution is 2.26. The lowest BCUT2D eigenvalue weighted by molar-refractivity contribution is 0.780. The molecule has 25 heavy (non-hydrogen) atoms. The van der Waals surface area contributed by atoms with Crippen LogP contribution in [0.25, 0.3) is 17.0 Å². The van der Waals surface area contributed by atoms with E-state index in [9.17, 15) is 0 Å². The molecule has 0 aliphatic heterocycles. The molecular weight excluding hydrogens is 363 g/mol. The molecule has 1 unspecified atom stereocenters. The summed E-state index contributed by atoms with van der Waals surface area (Å²) in [4.78, 5) is 4.13. The van der Waals surface area contributed by atoms with E-state index < -0.39 is 0 Å². The number of rotatable bonds is 4. The molecule has 10 heteroatoms. The van der Waals surface area contributed by atoms with Crippen LogP contribution >= 0.6 is 23.2 Å². The lowest BCUT2D eigenvalue weighted by Gasteiger charge is -2.11. The number of benzene rings is 1. The number of aromatic nitrogens is 7. The van der Waals surface area contributed by atoms with Gasteiger partial charge in [-0.2, -0.15) is 9.61 Å². The minimum absolute atomic E-state index is 0.0898. The predicted molar refractivity (Wildman–Crippen MR) is 94.7 cm³/mol. The van der Waals surface area contributed by atoms with Gasteiger partial charge in [0.1, 0.15) is 18.0 Å². The number of aromatic amines is 1. The highest BCUT2D eigenvalue weighted by molar-refractivity contribution is 6.35. The third-order valence-corrected chi connectivity index (χ3v) is 4.03. The van der Waals surface area contributed by atoms with Crippen LogP contribution in [0.3, 0.4) is 0 Å². The third kappa shape index (κ3) is 3.13. The maximum absolute atomic E-state index is 6.08. The fraction of sp³-hybridized carbons (Fsp3) is 0.133. The first kappa shape index (κ1) is 15.8. The van der Waals surface area contributed by atoms with Crippen molar-refractivity contribution >= 4 is 34.7 Å². The third-order valence-electron chi connectivity index (χ3n) is 3.59. The van der Waals surface area contributed by atoms with Crippen molar-refractivity contribution < 1.29 is 0 Å². The number of hydrogen-bond donors (Lipinski definition) is 2. The molecule has 0 spiro atoms. The first-order chi connectivity index (χ1) is 12.1. The van der Waals surface area contributed by atoms with E-state index in [0.29, 0.717) is 33.2 Å². The van der Waals surface area contributed by atoms with E-state index in [0.717, 1.165) is 5.56 Å². The summed E-state index contributed by atoms with van der Waals surface area (Å²) >= 11 is 12.2. The zero-order chi connectivity index (χ0) is 17.4. The number of anilines is 1. The molecule has 3 aromatic heterocycles. The Bertz CT molecular complexity index is 1010. The first-order valence-corrected chi connectivity index (χ1v) is 8.16. The second kappa shape index (κ2) is 6.30. The first-order valence-electron chi connectivity index (χ1n) is 7.41. The molecule has 4 rings (SSSR count). The van der Waals surface area contributed by atoms with Crippen molar-refractivity contribution in [1.29, 1.82) is 0 Å². The van der Waals surface area contributed by atoms with Crippen molar-refractivity contribution in [2.24, 2.45) is 0 Å². The highest BCUT2D eigenvalue weighted by atomic mass is 35.5. The summed E-state index contributed by atoms with van der Waals surface area (Å²) in [6.45, 7) is 1.95. The van der Waals surface area contributed by atoms with E-state index in [1.54, 1.807) is 22.7 Å². The van der Waals surface area contributed by atoms with Crippen LogP contribution in [0.15, 0.2) is 36.7 Å². The average Bonchev–Trinajstić information content (AvgIpc) is 3.23. The standard InChI is InChI=1S/C15H12Cl2N8/c1-8(14-18-7-19-22-14)20-12-2-3-13-21-23-15(25(13)24-12)9-4-10(16)6-11(17)5-9/h2-8H,1H3,(H,20,24)(H,18,19,22). The Morgan fingerprint density at radius 1 is 1.12 bits per heavy atom. The Morgan fingerprint density at radius 3 is 2.64 bits per heavy atom. The van der Waals surface area contributed by atoms with Gasteiger partial charge < -0.3 is 5.32 Å². The van der Waals surface area contributed by atoms with Crippen LogP contribution in [-0.2, 0) is 0 Å². The Kier molecular flexibility index (Phi) is 3.98. The number of nitrogens with one attached hydrogen (secondary N) is 2. The molecule has 0 saturated heterocycles. The lowest BCUT2D eigenvalue weighted by Crippen LogP contribution is -2.11. The fourth-order valence-electron chi connectivity index (χ4n) is 2.44. The van der Waals surface area contributed by atoms with E-state index in [-0.39, 0.29) is 6.04 Å². The molecule has 0 aliphatic carbocycles. The second-order valence-electron chi connectivity index (χ2n) is 5.41. The molecule has 0 radical (unpaired) electrons. The molecule has 0 fully saturated rings. The summed E-state index contributed by atoms with van der Waals surface area (Å²) in [6, 6.07) is 8.76. The largest absolute Gasteiger partial charge is 0.359 e. The number of halogens is 2. The van der Waals surface area contributed by atoms with Gasteiger partial charge in [0.25, 0.3) is 0 Å². The van der Waals surface area contributed by atoms with Crippen LogP contribution in [0.1, 0.15) is 18.8 Å². The fourth-order valence-corrected chi connectivity index (χ4v) is 2.97. The van der Waals surface area contributed by atoms with Gasteiger partial charge in [0.15, 0.2) is 11.5 Å². The van der Waals surface area contributed by atoms with E-state index in [2.05, 4.69) is 35.8 Å². The topological polar surface area (TPSA) is 96.7 Å². The van der Waals surface area contributed by atoms with Gasteiger partial charge in [0, 0.05) is 15.6 Å². The molecule has 126 valence electrons. The van der Waals surface area contributed by atoms with Crippen molar-refractivity contribution in [1.82, 2.24) is 35.0 Å². The van der Waals surface area contributed by atoms with Crippen LogP contribution in [0.4, 0.5) is 5.82 Å². The van der Waals surface area contributed by atoms with E-state index in [4.69, 9.17) is 23.2 Å². The SMILES string of the molecule is CC(Nc1ccc2nnc(-c3cc(Cl)cc(Cl)c3)n2n1)c1ncn[nH]1. The van der Waals surface area contributed by atoms with E-state index >= 15 is 0 Å². The van der Waals surface area contributed by atoms with Gasteiger partial charge in [-0.1, -0.05) is 23.2 Å². The monoisotopic (exact) mass is 374 g/mol. The zero-order valence-corrected chi connectivity index (χ0v) is 14.5. The molecule has 1 aromatic carbocycles. The van der Waals surface area contributed by atoms with Crippen LogP contribution < -0.4 is 5.32 Å². The maximum atomic E-state index is 6.08. The van der Waals surface area contributed by atoms with Crippen molar-refractivity contribution in [2.45, 2.75) is 13.0 Å². The van der Waals surface area contributed by atoms with Crippen molar-refractivity contribution in [3.63, 3.8) is 0 Å². The Balaban J connectivity index is 1.72. The molecule has 0 amide bonds. The zero-order valence-electron chi connectivity index (χ0n) is 13.0. The van der Waals surface area contributed by atoms with Crippen LogP contribution in [0.5, 0.6) is 0 Å². The lowest BCUT2D eigenvalue weighted by atomic mass is 10.2. The van der Waals surface area contributed by atoms with Crippen molar-refractivity contribution in [2.75, 3.05) is 5.32 Å². The molecule has 0 bridgehead atoms. The van der Waals surface area contributed by atoms with Gasteiger partial charge in [-0.25, -0.2) is 4.98 Å². The normalized spacial score (nSPS) is 12.4. The maximum Gasteiger partial charge on any atom is 0.185 e. The molecular formula is C15H12Cl2N8. The summed E-state index contributed by atoms with van der Waals surface area (Å²) < 4.78 is 1.64. The number of fused-ring (bicyclic) bond motifs is 1. The second-order valence-corrected chi connectivity index (χ2v) is 6.28. The van der Waals surface area contributed by atoms with Gasteiger partial charge in [-0.05, 0) is 37.3 Å². The van der Waals surface area contributed by atoms with Crippen LogP contribution in [0.2, 0.25) is 10.0 Å². The average molecular weight is 375 g/mol. The van der Waals surface area contributed by atoms with Gasteiger partial charge in [-0.15, -0.1) is 15.3 Å². The predicted octanol–water partition coefficient (Wildman–Crippen LogP) is 3.39. The summed E-state index contributed by atoms with van der Waals surface area (Å²) in [5, 5.41) is 23.9. The van der Waals surface area contributed by atoms with Crippen molar-refractivity contribution in [3.8, 4) is 11.4 Å². The summed E-state index contributed by atoms with van der Waals surface area (Å²) in [5.41, 5.74) is 1.35. The minimum Gasteiger partial charge on any atom is -0.359 e. The molecule has 3 heterocycles. The Hall–Kier alpha value is -2.71. The van der Waals surface area contributed by atoms with E-state index in [1.807, 2.05) is 19.1 Å². The van der Waals surface area contributed by atoms with Crippen LogP contribution in [0, 0.1) is 0 Å². The number of nitrogens with zero attached hydrogens (tertiary/aromatic N) is 6. The minimum atomic E-state index is -0.0898. The quantitative estimate of drug-likeness (QED) is 0.568. The Morgan fingerprint density at radius 2 is 1.92 bits per heavy atom. The van der Waals surface area contributed by atoms with Crippen LogP contribution in [-0.4, -0.2) is 35.0 Å². The summed E-state index contributed by atoms with van der Waals surface area (Å²) in [7, 11) is 0. The molecule has 8 nitrogen and oxygen atoms in total. The van der Waals surface area contributed by atoms with Crippen molar-refractivity contribution in [3.05, 3.63) is 52.5 Å². The molecule has 0 aliphatic rings. The molecule has 0 saturated carbocycles. The molecule has 2 N–H and O–H groups in total. The summed E-state index contributed by atoms with van der Waals surface area (Å²) in [6.07, 6.45) is 1.46. The number of H-pyrrole nitrogens is 1.